The lowest BCUT2D eigenvalue weighted by Crippen LogP contribution is -2.33. The molecule has 4 nitrogen and oxygen atoms in total. The lowest BCUT2D eigenvalue weighted by Gasteiger charge is -2.11. The van der Waals surface area contributed by atoms with Crippen LogP contribution in [0.4, 0.5) is 0 Å². The highest BCUT2D eigenvalue weighted by Crippen LogP contribution is 1.99. The maximum atomic E-state index is 11.3. The molecule has 80 valence electrons. The number of sulfone groups is 1. The summed E-state index contributed by atoms with van der Waals surface area (Å²) < 4.78 is 27.4. The van der Waals surface area contributed by atoms with Crippen molar-refractivity contribution >= 4 is 9.84 Å². The first kappa shape index (κ1) is 12.9. The molecule has 0 fully saturated rings. The van der Waals surface area contributed by atoms with Gasteiger partial charge in [0.15, 0.2) is 9.84 Å². The van der Waals surface area contributed by atoms with Crippen molar-refractivity contribution in [2.75, 3.05) is 32.6 Å². The second kappa shape index (κ2) is 6.34. The molecule has 5 heteroatoms. The summed E-state index contributed by atoms with van der Waals surface area (Å²) in [4.78, 5) is 0. The van der Waals surface area contributed by atoms with Crippen molar-refractivity contribution in [3.63, 3.8) is 0 Å². The van der Waals surface area contributed by atoms with Gasteiger partial charge in [0.25, 0.3) is 0 Å². The fourth-order valence-electron chi connectivity index (χ4n) is 0.891. The van der Waals surface area contributed by atoms with Gasteiger partial charge < -0.3 is 10.1 Å². The number of ether oxygens (including phenoxy) is 1. The van der Waals surface area contributed by atoms with Crippen LogP contribution in [0.25, 0.3) is 0 Å². The molecule has 0 spiro atoms. The first-order valence-electron chi connectivity index (χ1n) is 4.45. The topological polar surface area (TPSA) is 55.4 Å². The summed E-state index contributed by atoms with van der Waals surface area (Å²) in [5.41, 5.74) is 0. The predicted molar refractivity (Wildman–Crippen MR) is 53.7 cm³/mol. The fraction of sp³-hybridized carbons (Fsp3) is 1.00. The van der Waals surface area contributed by atoms with E-state index in [1.165, 1.54) is 0 Å². The number of rotatable bonds is 7. The third kappa shape index (κ3) is 5.23. The van der Waals surface area contributed by atoms with E-state index in [0.29, 0.717) is 19.7 Å². The summed E-state index contributed by atoms with van der Waals surface area (Å²) in [6.07, 6.45) is 0. The average Bonchev–Trinajstić information content (AvgIpc) is 2.12. The van der Waals surface area contributed by atoms with Gasteiger partial charge in [-0.15, -0.1) is 0 Å². The predicted octanol–water partition coefficient (Wildman–Crippen LogP) is 0.0456. The highest BCUT2D eigenvalue weighted by molar-refractivity contribution is 7.92. The zero-order chi connectivity index (χ0) is 10.3. The van der Waals surface area contributed by atoms with E-state index in [1.807, 2.05) is 0 Å². The van der Waals surface area contributed by atoms with E-state index >= 15 is 0 Å². The number of hydrogen-bond donors (Lipinski definition) is 1. The van der Waals surface area contributed by atoms with Crippen LogP contribution in [0.3, 0.4) is 0 Å². The van der Waals surface area contributed by atoms with E-state index in [2.05, 4.69) is 5.32 Å². The zero-order valence-corrected chi connectivity index (χ0v) is 9.36. The molecule has 0 amide bonds. The van der Waals surface area contributed by atoms with E-state index in [1.54, 1.807) is 21.0 Å². The van der Waals surface area contributed by atoms with Crippen molar-refractivity contribution in [2.24, 2.45) is 0 Å². The molecular formula is C8H19NO3S. The van der Waals surface area contributed by atoms with Crippen molar-refractivity contribution in [2.45, 2.75) is 19.1 Å². The van der Waals surface area contributed by atoms with Gasteiger partial charge in [0.2, 0.25) is 0 Å². The van der Waals surface area contributed by atoms with Gasteiger partial charge in [0, 0.05) is 26.0 Å². The zero-order valence-electron chi connectivity index (χ0n) is 8.54. The molecular weight excluding hydrogens is 190 g/mol. The van der Waals surface area contributed by atoms with Crippen LogP contribution < -0.4 is 5.32 Å². The maximum Gasteiger partial charge on any atom is 0.153 e. The molecule has 0 saturated carbocycles. The molecule has 0 radical (unpaired) electrons. The Bertz CT molecular complexity index is 213. The van der Waals surface area contributed by atoms with Crippen molar-refractivity contribution in [3.05, 3.63) is 0 Å². The summed E-state index contributed by atoms with van der Waals surface area (Å²) in [6, 6.07) is 0. The first-order chi connectivity index (χ1) is 6.04. The molecule has 0 aliphatic heterocycles. The van der Waals surface area contributed by atoms with Gasteiger partial charge in [0.05, 0.1) is 11.9 Å². The molecule has 0 heterocycles. The quantitative estimate of drug-likeness (QED) is 0.602. The highest BCUT2D eigenvalue weighted by Gasteiger charge is 2.17. The van der Waals surface area contributed by atoms with Gasteiger partial charge in [-0.3, -0.25) is 0 Å². The lowest BCUT2D eigenvalue weighted by atomic mass is 10.4. The summed E-state index contributed by atoms with van der Waals surface area (Å²) >= 11 is 0. The van der Waals surface area contributed by atoms with Gasteiger partial charge in [-0.05, 0) is 6.92 Å². The minimum Gasteiger partial charge on any atom is -0.383 e. The molecule has 0 aromatic heterocycles. The molecule has 0 aromatic carbocycles. The molecule has 1 N–H and O–H groups in total. The number of methoxy groups -OCH3 is 1. The van der Waals surface area contributed by atoms with Crippen LogP contribution in [0.5, 0.6) is 0 Å². The van der Waals surface area contributed by atoms with E-state index < -0.39 is 9.84 Å². The van der Waals surface area contributed by atoms with Crippen LogP contribution in [0.2, 0.25) is 0 Å². The van der Waals surface area contributed by atoms with E-state index in [0.717, 1.165) is 0 Å². The molecule has 1 atom stereocenters. The molecule has 0 rings (SSSR count). The Kier molecular flexibility index (Phi) is 6.28. The van der Waals surface area contributed by atoms with Gasteiger partial charge in [-0.2, -0.15) is 0 Å². The Morgan fingerprint density at radius 3 is 2.54 bits per heavy atom. The Hall–Kier alpha value is -0.130. The number of hydrogen-bond acceptors (Lipinski definition) is 4. The van der Waals surface area contributed by atoms with Gasteiger partial charge in [-0.1, -0.05) is 6.92 Å². The van der Waals surface area contributed by atoms with Crippen LogP contribution in [0, 0.1) is 0 Å². The highest BCUT2D eigenvalue weighted by atomic mass is 32.2. The second-order valence-electron chi connectivity index (χ2n) is 2.96. The van der Waals surface area contributed by atoms with Crippen LogP contribution in [0.1, 0.15) is 13.8 Å². The Morgan fingerprint density at radius 1 is 1.46 bits per heavy atom. The Balaban J connectivity index is 3.69. The Morgan fingerprint density at radius 2 is 2.08 bits per heavy atom. The third-order valence-electron chi connectivity index (χ3n) is 1.93. The largest absolute Gasteiger partial charge is 0.383 e. The minimum absolute atomic E-state index is 0.208. The van der Waals surface area contributed by atoms with Crippen LogP contribution >= 0.6 is 0 Å². The van der Waals surface area contributed by atoms with Gasteiger partial charge >= 0.3 is 0 Å². The Labute approximate surface area is 80.6 Å². The van der Waals surface area contributed by atoms with Crippen LogP contribution in [0.15, 0.2) is 0 Å². The minimum atomic E-state index is -2.89. The summed E-state index contributed by atoms with van der Waals surface area (Å²) in [7, 11) is -1.27. The molecule has 13 heavy (non-hydrogen) atoms. The molecule has 0 bridgehead atoms. The first-order valence-corrected chi connectivity index (χ1v) is 6.17. The standard InChI is InChI=1S/C8H19NO3S/c1-4-13(10,11)8(2)7-9-5-6-12-3/h8-9H,4-7H2,1-3H3. The molecule has 0 aromatic rings. The second-order valence-corrected chi connectivity index (χ2v) is 5.67. The smallest absolute Gasteiger partial charge is 0.153 e. The van der Waals surface area contributed by atoms with Crippen molar-refractivity contribution < 1.29 is 13.2 Å². The summed E-state index contributed by atoms with van der Waals surface area (Å²) in [5.74, 6) is 0.208. The van der Waals surface area contributed by atoms with Crippen molar-refractivity contribution in [1.29, 1.82) is 0 Å². The lowest BCUT2D eigenvalue weighted by molar-refractivity contribution is 0.199. The van der Waals surface area contributed by atoms with Crippen molar-refractivity contribution in [3.8, 4) is 0 Å². The van der Waals surface area contributed by atoms with E-state index in [9.17, 15) is 8.42 Å². The number of nitrogens with one attached hydrogen (secondary N) is 1. The summed E-state index contributed by atoms with van der Waals surface area (Å²) in [5, 5.41) is 2.71. The van der Waals surface area contributed by atoms with Crippen LogP contribution in [-0.2, 0) is 14.6 Å². The molecule has 0 saturated heterocycles. The fourth-order valence-corrected chi connectivity index (χ4v) is 1.83. The monoisotopic (exact) mass is 209 g/mol. The average molecular weight is 209 g/mol. The summed E-state index contributed by atoms with van der Waals surface area (Å²) in [6.45, 7) is 5.19. The molecule has 1 unspecified atom stereocenters. The maximum absolute atomic E-state index is 11.3. The SMILES string of the molecule is CCS(=O)(=O)C(C)CNCCOC. The van der Waals surface area contributed by atoms with Crippen molar-refractivity contribution in [1.82, 2.24) is 5.32 Å². The molecule has 0 aliphatic rings. The van der Waals surface area contributed by atoms with Crippen LogP contribution in [-0.4, -0.2) is 46.2 Å². The van der Waals surface area contributed by atoms with E-state index in [4.69, 9.17) is 4.74 Å². The van der Waals surface area contributed by atoms with Gasteiger partial charge in [0.1, 0.15) is 0 Å². The van der Waals surface area contributed by atoms with Gasteiger partial charge in [-0.25, -0.2) is 8.42 Å². The normalized spacial score (nSPS) is 14.4. The molecule has 0 aliphatic carbocycles. The third-order valence-corrected chi connectivity index (χ3v) is 4.13. The van der Waals surface area contributed by atoms with E-state index in [-0.39, 0.29) is 11.0 Å².